The molecule has 120 valence electrons. The van der Waals surface area contributed by atoms with E-state index >= 15 is 0 Å². The molecule has 0 bridgehead atoms. The van der Waals surface area contributed by atoms with Crippen molar-refractivity contribution >= 4 is 5.91 Å². The van der Waals surface area contributed by atoms with Crippen molar-refractivity contribution in [2.75, 3.05) is 32.7 Å². The van der Waals surface area contributed by atoms with Crippen molar-refractivity contribution < 1.29 is 13.6 Å². The topological polar surface area (TPSA) is 23.6 Å². The summed E-state index contributed by atoms with van der Waals surface area (Å²) in [4.78, 5) is 16.4. The van der Waals surface area contributed by atoms with E-state index in [0.29, 0.717) is 13.1 Å². The van der Waals surface area contributed by atoms with E-state index in [2.05, 4.69) is 24.8 Å². The van der Waals surface area contributed by atoms with Gasteiger partial charge in [0, 0.05) is 44.4 Å². The smallest absolute Gasteiger partial charge is 0.254 e. The fraction of sp³-hybridized carbons (Fsp3) is 0.471. The Morgan fingerprint density at radius 3 is 2.41 bits per heavy atom. The Balaban J connectivity index is 2.01. The number of halogens is 2. The first-order valence-electron chi connectivity index (χ1n) is 7.57. The Morgan fingerprint density at radius 2 is 1.77 bits per heavy atom. The fourth-order valence-electron chi connectivity index (χ4n) is 2.53. The Kier molecular flexibility index (Phi) is 5.66. The number of hydrogen-bond donors (Lipinski definition) is 0. The summed E-state index contributed by atoms with van der Waals surface area (Å²) >= 11 is 0. The van der Waals surface area contributed by atoms with E-state index in [1.807, 2.05) is 0 Å². The molecule has 0 aromatic heterocycles. The van der Waals surface area contributed by atoms with Gasteiger partial charge in [-0.2, -0.15) is 0 Å². The maximum Gasteiger partial charge on any atom is 0.254 e. The van der Waals surface area contributed by atoms with Gasteiger partial charge in [0.1, 0.15) is 11.6 Å². The van der Waals surface area contributed by atoms with Gasteiger partial charge in [-0.15, -0.1) is 0 Å². The molecule has 1 saturated heterocycles. The summed E-state index contributed by atoms with van der Waals surface area (Å²) in [7, 11) is 0. The molecule has 0 radical (unpaired) electrons. The van der Waals surface area contributed by atoms with Crippen LogP contribution in [0.4, 0.5) is 8.78 Å². The van der Waals surface area contributed by atoms with Gasteiger partial charge in [0.05, 0.1) is 0 Å². The fourth-order valence-corrected chi connectivity index (χ4v) is 2.53. The Bertz CT molecular complexity index is 548. The van der Waals surface area contributed by atoms with Gasteiger partial charge in [0.2, 0.25) is 0 Å². The monoisotopic (exact) mass is 308 g/mol. The summed E-state index contributed by atoms with van der Waals surface area (Å²) in [6.45, 7) is 7.88. The van der Waals surface area contributed by atoms with Crippen LogP contribution >= 0.6 is 0 Å². The SMILES string of the molecule is CC(C)=CCN1CCCN(C(=O)c2cc(F)cc(F)c2)CC1. The second kappa shape index (κ2) is 7.49. The molecule has 2 rings (SSSR count). The molecule has 0 saturated carbocycles. The quantitative estimate of drug-likeness (QED) is 0.801. The van der Waals surface area contributed by atoms with Gasteiger partial charge >= 0.3 is 0 Å². The third-order valence-corrected chi connectivity index (χ3v) is 3.74. The van der Waals surface area contributed by atoms with E-state index < -0.39 is 11.6 Å². The van der Waals surface area contributed by atoms with Crippen LogP contribution in [0.25, 0.3) is 0 Å². The Labute approximate surface area is 130 Å². The standard InChI is InChI=1S/C17H22F2N2O/c1-13(2)4-7-20-5-3-6-21(9-8-20)17(22)14-10-15(18)12-16(19)11-14/h4,10-12H,3,5-9H2,1-2H3. The molecule has 1 fully saturated rings. The largest absolute Gasteiger partial charge is 0.337 e. The zero-order valence-corrected chi connectivity index (χ0v) is 13.1. The van der Waals surface area contributed by atoms with Crippen molar-refractivity contribution in [3.63, 3.8) is 0 Å². The third kappa shape index (κ3) is 4.63. The van der Waals surface area contributed by atoms with E-state index in [9.17, 15) is 13.6 Å². The van der Waals surface area contributed by atoms with E-state index in [1.54, 1.807) is 4.90 Å². The predicted molar refractivity (Wildman–Crippen MR) is 82.7 cm³/mol. The van der Waals surface area contributed by atoms with Crippen LogP contribution in [0, 0.1) is 11.6 Å². The highest BCUT2D eigenvalue weighted by Crippen LogP contribution is 2.13. The first kappa shape index (κ1) is 16.6. The zero-order valence-electron chi connectivity index (χ0n) is 13.1. The number of carbonyl (C=O) groups is 1. The van der Waals surface area contributed by atoms with Crippen LogP contribution in [-0.4, -0.2) is 48.4 Å². The van der Waals surface area contributed by atoms with Crippen molar-refractivity contribution in [1.29, 1.82) is 0 Å². The van der Waals surface area contributed by atoms with Gasteiger partial charge in [0.15, 0.2) is 0 Å². The molecule has 1 aliphatic heterocycles. The second-order valence-corrected chi connectivity index (χ2v) is 5.89. The molecule has 0 N–H and O–H groups in total. The predicted octanol–water partition coefficient (Wildman–Crippen LogP) is 3.08. The van der Waals surface area contributed by atoms with Crippen molar-refractivity contribution in [3.8, 4) is 0 Å². The van der Waals surface area contributed by atoms with Crippen molar-refractivity contribution in [2.45, 2.75) is 20.3 Å². The molecule has 0 atom stereocenters. The molecule has 5 heteroatoms. The number of carbonyl (C=O) groups excluding carboxylic acids is 1. The van der Waals surface area contributed by atoms with Gasteiger partial charge in [-0.25, -0.2) is 8.78 Å². The number of benzene rings is 1. The molecule has 1 aromatic rings. The second-order valence-electron chi connectivity index (χ2n) is 5.89. The van der Waals surface area contributed by atoms with Crippen LogP contribution in [-0.2, 0) is 0 Å². The highest BCUT2D eigenvalue weighted by atomic mass is 19.1. The van der Waals surface area contributed by atoms with Crippen LogP contribution < -0.4 is 0 Å². The van der Waals surface area contributed by atoms with E-state index in [-0.39, 0.29) is 11.5 Å². The van der Waals surface area contributed by atoms with Crippen LogP contribution in [0.15, 0.2) is 29.8 Å². The molecule has 1 aliphatic rings. The maximum atomic E-state index is 13.2. The molecule has 0 spiro atoms. The lowest BCUT2D eigenvalue weighted by atomic mass is 10.2. The van der Waals surface area contributed by atoms with Crippen molar-refractivity contribution in [2.24, 2.45) is 0 Å². The lowest BCUT2D eigenvalue weighted by molar-refractivity contribution is 0.0761. The highest BCUT2D eigenvalue weighted by molar-refractivity contribution is 5.94. The first-order chi connectivity index (χ1) is 10.5. The summed E-state index contributed by atoms with van der Waals surface area (Å²) in [5.74, 6) is -1.74. The summed E-state index contributed by atoms with van der Waals surface area (Å²) in [6, 6.07) is 2.97. The molecular formula is C17H22F2N2O. The molecule has 1 aromatic carbocycles. The lowest BCUT2D eigenvalue weighted by Gasteiger charge is -2.21. The molecule has 1 amide bonds. The van der Waals surface area contributed by atoms with Crippen molar-refractivity contribution in [3.05, 3.63) is 47.0 Å². The summed E-state index contributed by atoms with van der Waals surface area (Å²) in [6.07, 6.45) is 3.03. The molecule has 1 heterocycles. The van der Waals surface area contributed by atoms with Gasteiger partial charge in [-0.05, 0) is 32.4 Å². The van der Waals surface area contributed by atoms with E-state index in [0.717, 1.165) is 44.3 Å². The summed E-state index contributed by atoms with van der Waals surface area (Å²) in [5.41, 5.74) is 1.35. The van der Waals surface area contributed by atoms with E-state index in [4.69, 9.17) is 0 Å². The van der Waals surface area contributed by atoms with Crippen LogP contribution in [0.1, 0.15) is 30.6 Å². The Hall–Kier alpha value is -1.75. The normalized spacial score (nSPS) is 16.3. The molecule has 3 nitrogen and oxygen atoms in total. The first-order valence-corrected chi connectivity index (χ1v) is 7.57. The van der Waals surface area contributed by atoms with Gasteiger partial charge in [0.25, 0.3) is 5.91 Å². The summed E-state index contributed by atoms with van der Waals surface area (Å²) in [5, 5.41) is 0. The van der Waals surface area contributed by atoms with Gasteiger partial charge in [-0.3, -0.25) is 9.69 Å². The number of allylic oxidation sites excluding steroid dienone is 1. The third-order valence-electron chi connectivity index (χ3n) is 3.74. The minimum atomic E-state index is -0.719. The number of nitrogens with zero attached hydrogens (tertiary/aromatic N) is 2. The van der Waals surface area contributed by atoms with Crippen LogP contribution in [0.2, 0.25) is 0 Å². The highest BCUT2D eigenvalue weighted by Gasteiger charge is 2.20. The average Bonchev–Trinajstić information content (AvgIpc) is 2.68. The number of hydrogen-bond acceptors (Lipinski definition) is 2. The number of rotatable bonds is 3. The number of amides is 1. The molecular weight excluding hydrogens is 286 g/mol. The Morgan fingerprint density at radius 1 is 1.09 bits per heavy atom. The van der Waals surface area contributed by atoms with Gasteiger partial charge < -0.3 is 4.90 Å². The zero-order chi connectivity index (χ0) is 16.1. The molecule has 22 heavy (non-hydrogen) atoms. The lowest BCUT2D eigenvalue weighted by Crippen LogP contribution is -2.35. The van der Waals surface area contributed by atoms with E-state index in [1.165, 1.54) is 5.57 Å². The van der Waals surface area contributed by atoms with Crippen molar-refractivity contribution in [1.82, 2.24) is 9.80 Å². The van der Waals surface area contributed by atoms with Crippen LogP contribution in [0.5, 0.6) is 0 Å². The molecule has 0 unspecified atom stereocenters. The van der Waals surface area contributed by atoms with Gasteiger partial charge in [-0.1, -0.05) is 11.6 Å². The summed E-state index contributed by atoms with van der Waals surface area (Å²) < 4.78 is 26.5. The molecule has 0 aliphatic carbocycles. The van der Waals surface area contributed by atoms with Crippen LogP contribution in [0.3, 0.4) is 0 Å². The minimum Gasteiger partial charge on any atom is -0.337 e. The average molecular weight is 308 g/mol. The maximum absolute atomic E-state index is 13.2. The minimum absolute atomic E-state index is 0.0789.